The summed E-state index contributed by atoms with van der Waals surface area (Å²) in [6.45, 7) is 2.15. The van der Waals surface area contributed by atoms with Crippen molar-refractivity contribution in [1.29, 1.82) is 0 Å². The highest BCUT2D eigenvalue weighted by Gasteiger charge is 2.18. The SMILES string of the molecule is CC(NC1CCSC1)c1csnn1. The molecule has 5 heteroatoms. The van der Waals surface area contributed by atoms with Crippen molar-refractivity contribution in [2.24, 2.45) is 0 Å². The van der Waals surface area contributed by atoms with Gasteiger partial charge in [-0.15, -0.1) is 5.10 Å². The topological polar surface area (TPSA) is 37.8 Å². The minimum Gasteiger partial charge on any atom is -0.305 e. The number of aromatic nitrogens is 2. The van der Waals surface area contributed by atoms with Crippen LogP contribution in [0.15, 0.2) is 5.38 Å². The first kappa shape index (κ1) is 9.43. The van der Waals surface area contributed by atoms with Crippen molar-refractivity contribution in [3.8, 4) is 0 Å². The van der Waals surface area contributed by atoms with E-state index in [0.717, 1.165) is 5.69 Å². The summed E-state index contributed by atoms with van der Waals surface area (Å²) in [6.07, 6.45) is 1.28. The Labute approximate surface area is 86.5 Å². The molecule has 1 aromatic heterocycles. The normalized spacial score (nSPS) is 24.8. The lowest BCUT2D eigenvalue weighted by molar-refractivity contribution is 0.478. The van der Waals surface area contributed by atoms with Crippen molar-refractivity contribution in [1.82, 2.24) is 14.9 Å². The van der Waals surface area contributed by atoms with Gasteiger partial charge in [0.1, 0.15) is 0 Å². The van der Waals surface area contributed by atoms with Crippen molar-refractivity contribution in [2.75, 3.05) is 11.5 Å². The Morgan fingerprint density at radius 1 is 1.69 bits per heavy atom. The van der Waals surface area contributed by atoms with Gasteiger partial charge in [-0.2, -0.15) is 11.8 Å². The molecular formula is C8H13N3S2. The molecule has 0 saturated carbocycles. The lowest BCUT2D eigenvalue weighted by Gasteiger charge is -2.16. The number of nitrogens with zero attached hydrogens (tertiary/aromatic N) is 2. The highest BCUT2D eigenvalue weighted by Crippen LogP contribution is 2.20. The third kappa shape index (κ3) is 2.42. The molecule has 1 N–H and O–H groups in total. The van der Waals surface area contributed by atoms with Gasteiger partial charge >= 0.3 is 0 Å². The van der Waals surface area contributed by atoms with E-state index in [4.69, 9.17) is 0 Å². The maximum absolute atomic E-state index is 4.06. The van der Waals surface area contributed by atoms with Crippen LogP contribution in [0.1, 0.15) is 25.1 Å². The standard InChI is InChI=1S/C8H13N3S2/c1-6(8-5-13-11-10-8)9-7-2-3-12-4-7/h5-7,9H,2-4H2,1H3. The largest absolute Gasteiger partial charge is 0.305 e. The summed E-state index contributed by atoms with van der Waals surface area (Å²) in [6, 6.07) is 1.02. The summed E-state index contributed by atoms with van der Waals surface area (Å²) in [5.41, 5.74) is 1.07. The van der Waals surface area contributed by atoms with Gasteiger partial charge < -0.3 is 5.32 Å². The number of thioether (sulfide) groups is 1. The van der Waals surface area contributed by atoms with Gasteiger partial charge in [0.25, 0.3) is 0 Å². The molecule has 3 nitrogen and oxygen atoms in total. The molecular weight excluding hydrogens is 202 g/mol. The first-order valence-corrected chi connectivity index (χ1v) is 6.46. The fourth-order valence-corrected chi connectivity index (χ4v) is 3.18. The minimum atomic E-state index is 0.349. The van der Waals surface area contributed by atoms with Gasteiger partial charge in [-0.05, 0) is 30.6 Å². The average Bonchev–Trinajstić information content (AvgIpc) is 2.74. The molecule has 1 aliphatic rings. The van der Waals surface area contributed by atoms with Gasteiger partial charge in [-0.1, -0.05) is 4.49 Å². The van der Waals surface area contributed by atoms with E-state index in [2.05, 4.69) is 21.8 Å². The fourth-order valence-electron chi connectivity index (χ4n) is 1.47. The van der Waals surface area contributed by atoms with Crippen molar-refractivity contribution in [3.05, 3.63) is 11.1 Å². The van der Waals surface area contributed by atoms with Gasteiger partial charge in [0.2, 0.25) is 0 Å². The minimum absolute atomic E-state index is 0.349. The Bertz CT molecular complexity index is 244. The first-order chi connectivity index (χ1) is 6.36. The summed E-state index contributed by atoms with van der Waals surface area (Å²) in [4.78, 5) is 0. The van der Waals surface area contributed by atoms with Crippen LogP contribution in [0, 0.1) is 0 Å². The van der Waals surface area contributed by atoms with Crippen molar-refractivity contribution < 1.29 is 0 Å². The molecule has 2 atom stereocenters. The molecule has 72 valence electrons. The van der Waals surface area contributed by atoms with Gasteiger partial charge in [0.15, 0.2) is 0 Å². The number of hydrogen-bond donors (Lipinski definition) is 1. The smallest absolute Gasteiger partial charge is 0.0921 e. The average molecular weight is 215 g/mol. The first-order valence-electron chi connectivity index (χ1n) is 4.47. The molecule has 0 aliphatic carbocycles. The third-order valence-electron chi connectivity index (χ3n) is 2.24. The summed E-state index contributed by atoms with van der Waals surface area (Å²) < 4.78 is 3.86. The Morgan fingerprint density at radius 3 is 3.23 bits per heavy atom. The monoisotopic (exact) mass is 215 g/mol. The lowest BCUT2D eigenvalue weighted by Crippen LogP contribution is -2.31. The van der Waals surface area contributed by atoms with Crippen LogP contribution in [0.2, 0.25) is 0 Å². The van der Waals surface area contributed by atoms with E-state index in [9.17, 15) is 0 Å². The Kier molecular flexibility index (Phi) is 3.18. The van der Waals surface area contributed by atoms with Crippen LogP contribution in [0.5, 0.6) is 0 Å². The molecule has 0 bridgehead atoms. The summed E-state index contributed by atoms with van der Waals surface area (Å²) in [7, 11) is 0. The van der Waals surface area contributed by atoms with Crippen LogP contribution in [0.3, 0.4) is 0 Å². The van der Waals surface area contributed by atoms with E-state index in [0.29, 0.717) is 12.1 Å². The Morgan fingerprint density at radius 2 is 2.62 bits per heavy atom. The second kappa shape index (κ2) is 4.39. The van der Waals surface area contributed by atoms with Crippen LogP contribution in [0.25, 0.3) is 0 Å². The molecule has 1 aromatic rings. The van der Waals surface area contributed by atoms with Crippen molar-refractivity contribution in [3.63, 3.8) is 0 Å². The van der Waals surface area contributed by atoms with Crippen molar-refractivity contribution >= 4 is 23.3 Å². The summed E-state index contributed by atoms with van der Waals surface area (Å²) in [5.74, 6) is 2.53. The second-order valence-corrected chi connectivity index (χ2v) is 5.04. The molecule has 2 rings (SSSR count). The predicted octanol–water partition coefficient (Wildman–Crippen LogP) is 1.69. The van der Waals surface area contributed by atoms with E-state index >= 15 is 0 Å². The number of hydrogen-bond acceptors (Lipinski definition) is 5. The van der Waals surface area contributed by atoms with Crippen LogP contribution in [0.4, 0.5) is 0 Å². The summed E-state index contributed by atoms with van der Waals surface area (Å²) >= 11 is 3.44. The van der Waals surface area contributed by atoms with E-state index in [1.165, 1.54) is 29.5 Å². The molecule has 2 heterocycles. The Hall–Kier alpha value is -0.130. The highest BCUT2D eigenvalue weighted by atomic mass is 32.2. The third-order valence-corrected chi connectivity index (χ3v) is 3.92. The molecule has 0 radical (unpaired) electrons. The van der Waals surface area contributed by atoms with E-state index in [1.807, 2.05) is 17.1 Å². The van der Waals surface area contributed by atoms with Gasteiger partial charge in [-0.3, -0.25) is 0 Å². The number of nitrogens with one attached hydrogen (secondary N) is 1. The maximum atomic E-state index is 4.06. The van der Waals surface area contributed by atoms with Gasteiger partial charge in [0.05, 0.1) is 5.69 Å². The molecule has 0 aromatic carbocycles. The zero-order valence-corrected chi connectivity index (χ0v) is 9.20. The predicted molar refractivity (Wildman–Crippen MR) is 57.2 cm³/mol. The zero-order chi connectivity index (χ0) is 9.10. The van der Waals surface area contributed by atoms with Crippen LogP contribution >= 0.6 is 23.3 Å². The van der Waals surface area contributed by atoms with Crippen molar-refractivity contribution in [2.45, 2.75) is 25.4 Å². The molecule has 0 amide bonds. The van der Waals surface area contributed by atoms with Crippen LogP contribution in [-0.2, 0) is 0 Å². The van der Waals surface area contributed by atoms with E-state index < -0.39 is 0 Å². The maximum Gasteiger partial charge on any atom is 0.0921 e. The molecule has 13 heavy (non-hydrogen) atoms. The molecule has 1 fully saturated rings. The van der Waals surface area contributed by atoms with Crippen LogP contribution < -0.4 is 5.32 Å². The highest BCUT2D eigenvalue weighted by molar-refractivity contribution is 7.99. The summed E-state index contributed by atoms with van der Waals surface area (Å²) in [5, 5.41) is 9.64. The lowest BCUT2D eigenvalue weighted by atomic mass is 10.2. The molecule has 2 unspecified atom stereocenters. The van der Waals surface area contributed by atoms with E-state index in [-0.39, 0.29) is 0 Å². The van der Waals surface area contributed by atoms with Gasteiger partial charge in [-0.25, -0.2) is 0 Å². The van der Waals surface area contributed by atoms with Gasteiger partial charge in [0, 0.05) is 23.2 Å². The van der Waals surface area contributed by atoms with Crippen LogP contribution in [-0.4, -0.2) is 27.1 Å². The zero-order valence-electron chi connectivity index (χ0n) is 7.56. The fraction of sp³-hybridized carbons (Fsp3) is 0.750. The number of rotatable bonds is 3. The molecule has 1 aliphatic heterocycles. The van der Waals surface area contributed by atoms with E-state index in [1.54, 1.807) is 0 Å². The molecule has 1 saturated heterocycles. The quantitative estimate of drug-likeness (QED) is 0.832. The second-order valence-electron chi connectivity index (χ2n) is 3.28. The Balaban J connectivity index is 1.87. The molecule has 0 spiro atoms.